The second-order valence-electron chi connectivity index (χ2n) is 4.15. The number of nitrogens with zero attached hydrogens (tertiary/aromatic N) is 4. The van der Waals surface area contributed by atoms with Crippen molar-refractivity contribution in [1.82, 2.24) is 9.97 Å². The molecule has 0 aliphatic rings. The monoisotopic (exact) mass is 238 g/mol. The Kier molecular flexibility index (Phi) is 3.54. The maximum Gasteiger partial charge on any atom is 0.226 e. The summed E-state index contributed by atoms with van der Waals surface area (Å²) < 4.78 is 0. The molecule has 0 saturated carbocycles. The normalized spacial score (nSPS) is 9.83. The van der Waals surface area contributed by atoms with E-state index in [1.807, 2.05) is 43.1 Å². The van der Waals surface area contributed by atoms with E-state index in [1.165, 1.54) is 5.56 Å². The zero-order valence-corrected chi connectivity index (χ0v) is 10.5. The molecule has 0 aliphatic heterocycles. The van der Waals surface area contributed by atoms with E-state index in [0.29, 0.717) is 11.6 Å². The highest BCUT2D eigenvalue weighted by atomic mass is 15.2. The highest BCUT2D eigenvalue weighted by Crippen LogP contribution is 2.11. The second-order valence-corrected chi connectivity index (χ2v) is 4.15. The van der Waals surface area contributed by atoms with Gasteiger partial charge in [-0.3, -0.25) is 0 Å². The van der Waals surface area contributed by atoms with E-state index < -0.39 is 0 Å². The molecular weight excluding hydrogens is 224 g/mol. The summed E-state index contributed by atoms with van der Waals surface area (Å²) in [6, 6.07) is 13.8. The predicted molar refractivity (Wildman–Crippen MR) is 70.0 cm³/mol. The van der Waals surface area contributed by atoms with Crippen molar-refractivity contribution in [3.05, 3.63) is 53.3 Å². The molecule has 1 aromatic carbocycles. The summed E-state index contributed by atoms with van der Waals surface area (Å²) >= 11 is 0. The van der Waals surface area contributed by atoms with Gasteiger partial charge in [-0.15, -0.1) is 0 Å². The maximum absolute atomic E-state index is 8.90. The van der Waals surface area contributed by atoms with E-state index in [4.69, 9.17) is 5.26 Å². The Bertz CT molecular complexity index is 572. The Labute approximate surface area is 107 Å². The van der Waals surface area contributed by atoms with E-state index in [9.17, 15) is 0 Å². The number of hydrogen-bond acceptors (Lipinski definition) is 4. The lowest BCUT2D eigenvalue weighted by Gasteiger charge is -2.17. The van der Waals surface area contributed by atoms with Crippen molar-refractivity contribution in [1.29, 1.82) is 5.26 Å². The van der Waals surface area contributed by atoms with Crippen LogP contribution in [0.3, 0.4) is 0 Å². The first kappa shape index (κ1) is 12.1. The highest BCUT2D eigenvalue weighted by molar-refractivity contribution is 5.36. The third kappa shape index (κ3) is 2.83. The number of nitriles is 1. The molecule has 4 nitrogen and oxygen atoms in total. The average molecular weight is 238 g/mol. The first-order valence-corrected chi connectivity index (χ1v) is 5.70. The summed E-state index contributed by atoms with van der Waals surface area (Å²) in [6.45, 7) is 2.58. The Morgan fingerprint density at radius 3 is 2.61 bits per heavy atom. The summed E-state index contributed by atoms with van der Waals surface area (Å²) in [5.41, 5.74) is 2.39. The summed E-state index contributed by atoms with van der Waals surface area (Å²) in [4.78, 5) is 10.5. The predicted octanol–water partition coefficient (Wildman–Crippen LogP) is 2.29. The minimum absolute atomic E-state index is 0.400. The van der Waals surface area contributed by atoms with Gasteiger partial charge in [-0.1, -0.05) is 30.3 Å². The van der Waals surface area contributed by atoms with Crippen LogP contribution >= 0.6 is 0 Å². The number of aromatic nitrogens is 2. The SMILES string of the molecule is Cc1cc(C#N)nc(N(C)Cc2ccccc2)n1. The fourth-order valence-electron chi connectivity index (χ4n) is 1.71. The average Bonchev–Trinajstić information content (AvgIpc) is 2.39. The molecule has 0 N–H and O–H groups in total. The lowest BCUT2D eigenvalue weighted by atomic mass is 10.2. The third-order valence-corrected chi connectivity index (χ3v) is 2.56. The van der Waals surface area contributed by atoms with E-state index in [-0.39, 0.29) is 0 Å². The molecule has 90 valence electrons. The van der Waals surface area contributed by atoms with Gasteiger partial charge in [0, 0.05) is 19.3 Å². The van der Waals surface area contributed by atoms with Gasteiger partial charge in [0.2, 0.25) is 5.95 Å². The lowest BCUT2D eigenvalue weighted by molar-refractivity contribution is 0.856. The van der Waals surface area contributed by atoms with E-state index in [0.717, 1.165) is 12.2 Å². The van der Waals surface area contributed by atoms with Gasteiger partial charge >= 0.3 is 0 Å². The van der Waals surface area contributed by atoms with Crippen LogP contribution in [-0.4, -0.2) is 17.0 Å². The molecule has 2 rings (SSSR count). The first-order chi connectivity index (χ1) is 8.69. The van der Waals surface area contributed by atoms with Crippen molar-refractivity contribution < 1.29 is 0 Å². The minimum atomic E-state index is 0.400. The Hall–Kier alpha value is -2.41. The molecule has 18 heavy (non-hydrogen) atoms. The van der Waals surface area contributed by atoms with Gasteiger partial charge in [-0.05, 0) is 18.6 Å². The molecular formula is C14H14N4. The van der Waals surface area contributed by atoms with E-state index >= 15 is 0 Å². The van der Waals surface area contributed by atoms with Crippen LogP contribution in [0.4, 0.5) is 5.95 Å². The van der Waals surface area contributed by atoms with Crippen molar-refractivity contribution in [2.24, 2.45) is 0 Å². The van der Waals surface area contributed by atoms with Crippen molar-refractivity contribution in [2.45, 2.75) is 13.5 Å². The quantitative estimate of drug-likeness (QED) is 0.823. The smallest absolute Gasteiger partial charge is 0.226 e. The summed E-state index contributed by atoms with van der Waals surface area (Å²) in [5.74, 6) is 0.579. The molecule has 1 aromatic heterocycles. The number of benzene rings is 1. The van der Waals surface area contributed by atoms with Crippen LogP contribution in [0.25, 0.3) is 0 Å². The van der Waals surface area contributed by atoms with Crippen molar-refractivity contribution in [2.75, 3.05) is 11.9 Å². The molecule has 2 aromatic rings. The lowest BCUT2D eigenvalue weighted by Crippen LogP contribution is -2.19. The topological polar surface area (TPSA) is 52.8 Å². The van der Waals surface area contributed by atoms with E-state index in [1.54, 1.807) is 6.07 Å². The molecule has 0 amide bonds. The maximum atomic E-state index is 8.90. The fourth-order valence-corrected chi connectivity index (χ4v) is 1.71. The Balaban J connectivity index is 2.21. The van der Waals surface area contributed by atoms with Gasteiger partial charge < -0.3 is 4.90 Å². The summed E-state index contributed by atoms with van der Waals surface area (Å²) in [6.07, 6.45) is 0. The van der Waals surface area contributed by atoms with Crippen LogP contribution in [-0.2, 0) is 6.54 Å². The molecule has 0 spiro atoms. The van der Waals surface area contributed by atoms with Gasteiger partial charge in [-0.2, -0.15) is 5.26 Å². The van der Waals surface area contributed by atoms with Crippen molar-refractivity contribution >= 4 is 5.95 Å². The highest BCUT2D eigenvalue weighted by Gasteiger charge is 2.07. The minimum Gasteiger partial charge on any atom is -0.340 e. The molecule has 0 atom stereocenters. The van der Waals surface area contributed by atoms with Gasteiger partial charge in [0.1, 0.15) is 11.8 Å². The molecule has 0 fully saturated rings. The van der Waals surface area contributed by atoms with Crippen molar-refractivity contribution in [3.8, 4) is 6.07 Å². The molecule has 1 heterocycles. The standard InChI is InChI=1S/C14H14N4/c1-11-8-13(9-15)17-14(16-11)18(2)10-12-6-4-3-5-7-12/h3-8H,10H2,1-2H3. The molecule has 0 saturated heterocycles. The number of rotatable bonds is 3. The fraction of sp³-hybridized carbons (Fsp3) is 0.214. The largest absolute Gasteiger partial charge is 0.340 e. The van der Waals surface area contributed by atoms with Gasteiger partial charge in [0.05, 0.1) is 0 Å². The Morgan fingerprint density at radius 1 is 1.22 bits per heavy atom. The van der Waals surface area contributed by atoms with Crippen LogP contribution < -0.4 is 4.90 Å². The third-order valence-electron chi connectivity index (χ3n) is 2.56. The van der Waals surface area contributed by atoms with Crippen LogP contribution in [0.5, 0.6) is 0 Å². The second kappa shape index (κ2) is 5.28. The van der Waals surface area contributed by atoms with E-state index in [2.05, 4.69) is 22.1 Å². The number of anilines is 1. The molecule has 0 aliphatic carbocycles. The first-order valence-electron chi connectivity index (χ1n) is 5.70. The summed E-state index contributed by atoms with van der Waals surface area (Å²) in [7, 11) is 1.92. The molecule has 0 radical (unpaired) electrons. The van der Waals surface area contributed by atoms with Gasteiger partial charge in [-0.25, -0.2) is 9.97 Å². The number of hydrogen-bond donors (Lipinski definition) is 0. The number of aryl methyl sites for hydroxylation is 1. The van der Waals surface area contributed by atoms with Crippen molar-refractivity contribution in [3.63, 3.8) is 0 Å². The molecule has 0 unspecified atom stereocenters. The molecule has 0 bridgehead atoms. The van der Waals surface area contributed by atoms with Gasteiger partial charge in [0.25, 0.3) is 0 Å². The van der Waals surface area contributed by atoms with Gasteiger partial charge in [0.15, 0.2) is 0 Å². The summed E-state index contributed by atoms with van der Waals surface area (Å²) in [5, 5.41) is 8.90. The zero-order chi connectivity index (χ0) is 13.0. The van der Waals surface area contributed by atoms with Crippen LogP contribution in [0.2, 0.25) is 0 Å². The van der Waals surface area contributed by atoms with Crippen LogP contribution in [0.1, 0.15) is 17.0 Å². The van der Waals surface area contributed by atoms with Crippen LogP contribution in [0.15, 0.2) is 36.4 Å². The van der Waals surface area contributed by atoms with Crippen LogP contribution in [0, 0.1) is 18.3 Å². The zero-order valence-electron chi connectivity index (χ0n) is 10.5. The molecule has 4 heteroatoms. The Morgan fingerprint density at radius 2 is 1.94 bits per heavy atom.